The first kappa shape index (κ1) is 19.8. The van der Waals surface area contributed by atoms with E-state index in [9.17, 15) is 0 Å². The van der Waals surface area contributed by atoms with E-state index in [0.717, 1.165) is 28.1 Å². The minimum Gasteiger partial charge on any atom is -0.493 e. The van der Waals surface area contributed by atoms with Crippen molar-refractivity contribution in [3.8, 4) is 11.5 Å². The van der Waals surface area contributed by atoms with Crippen molar-refractivity contribution in [1.29, 1.82) is 0 Å². The molecule has 0 N–H and O–H groups in total. The lowest BCUT2D eigenvalue weighted by Gasteiger charge is -2.08. The van der Waals surface area contributed by atoms with Crippen LogP contribution in [0.1, 0.15) is 17.0 Å². The second kappa shape index (κ2) is 8.51. The first-order chi connectivity index (χ1) is 15.7. The van der Waals surface area contributed by atoms with E-state index in [4.69, 9.17) is 24.4 Å². The van der Waals surface area contributed by atoms with E-state index in [1.54, 1.807) is 14.2 Å². The molecule has 0 radical (unpaired) electrons. The van der Waals surface area contributed by atoms with E-state index in [2.05, 4.69) is 16.7 Å². The van der Waals surface area contributed by atoms with E-state index in [0.29, 0.717) is 23.7 Å². The van der Waals surface area contributed by atoms with Gasteiger partial charge in [-0.15, -0.1) is 0 Å². The van der Waals surface area contributed by atoms with E-state index < -0.39 is 0 Å². The molecule has 6 heteroatoms. The summed E-state index contributed by atoms with van der Waals surface area (Å²) in [6.45, 7) is 0.649. The van der Waals surface area contributed by atoms with Gasteiger partial charge in [0.15, 0.2) is 22.8 Å². The Labute approximate surface area is 185 Å². The Hall–Kier alpha value is -4.19. The Kier molecular flexibility index (Phi) is 5.25. The molecule has 0 aliphatic heterocycles. The van der Waals surface area contributed by atoms with Gasteiger partial charge < -0.3 is 14.0 Å². The molecule has 5 aromatic rings. The first-order valence-corrected chi connectivity index (χ1v) is 10.3. The number of rotatable bonds is 6. The Morgan fingerprint density at radius 2 is 1.47 bits per heavy atom. The summed E-state index contributed by atoms with van der Waals surface area (Å²) in [7, 11) is 3.26. The molecule has 0 bridgehead atoms. The normalized spacial score (nSPS) is 11.4. The van der Waals surface area contributed by atoms with Crippen LogP contribution in [0.3, 0.4) is 0 Å². The number of aromatic nitrogens is 4. The van der Waals surface area contributed by atoms with Crippen LogP contribution < -0.4 is 9.47 Å². The number of benzene rings is 3. The highest BCUT2D eigenvalue weighted by Crippen LogP contribution is 2.28. The average Bonchev–Trinajstić information content (AvgIpc) is 3.17. The van der Waals surface area contributed by atoms with Gasteiger partial charge in [0.2, 0.25) is 0 Å². The van der Waals surface area contributed by atoms with E-state index >= 15 is 0 Å². The summed E-state index contributed by atoms with van der Waals surface area (Å²) in [5, 5.41) is 0. The first-order valence-electron chi connectivity index (χ1n) is 10.3. The zero-order valence-electron chi connectivity index (χ0n) is 17.9. The fourth-order valence-corrected chi connectivity index (χ4v) is 3.69. The number of methoxy groups -OCH3 is 2. The summed E-state index contributed by atoms with van der Waals surface area (Å²) >= 11 is 0. The van der Waals surface area contributed by atoms with Crippen molar-refractivity contribution in [2.45, 2.75) is 6.54 Å². The SMILES string of the molecule is COc1ccc(/C=C/c2nc3nc4ccccc4nc3n2Cc2ccccc2)cc1OC. The molecule has 5 rings (SSSR count). The van der Waals surface area contributed by atoms with Crippen LogP contribution in [0.4, 0.5) is 0 Å². The van der Waals surface area contributed by atoms with Gasteiger partial charge in [-0.05, 0) is 41.5 Å². The number of para-hydroxylation sites is 2. The standard InChI is InChI=1S/C26H22N4O2/c1-31-22-14-12-18(16-23(22)32-2)13-15-24-29-25-26(28-21-11-7-6-10-20(21)27-25)30(24)17-19-8-4-3-5-9-19/h3-16H,17H2,1-2H3/b15-13+. The number of nitrogens with zero attached hydrogens (tertiary/aromatic N) is 4. The van der Waals surface area contributed by atoms with Crippen molar-refractivity contribution in [3.05, 3.63) is 89.7 Å². The smallest absolute Gasteiger partial charge is 0.198 e. The Balaban J connectivity index is 1.61. The topological polar surface area (TPSA) is 62.1 Å². The summed E-state index contributed by atoms with van der Waals surface area (Å²) in [6, 6.07) is 23.9. The van der Waals surface area contributed by atoms with Gasteiger partial charge in [-0.25, -0.2) is 15.0 Å². The van der Waals surface area contributed by atoms with Crippen molar-refractivity contribution >= 4 is 34.5 Å². The van der Waals surface area contributed by atoms with Gasteiger partial charge in [0.05, 0.1) is 31.8 Å². The molecule has 0 aliphatic carbocycles. The molecule has 0 saturated carbocycles. The van der Waals surface area contributed by atoms with Gasteiger partial charge >= 0.3 is 0 Å². The minimum absolute atomic E-state index is 0.631. The second-order valence-corrected chi connectivity index (χ2v) is 7.35. The molecule has 6 nitrogen and oxygen atoms in total. The molecule has 0 spiro atoms. The molecule has 2 aromatic heterocycles. The molecule has 0 saturated heterocycles. The van der Waals surface area contributed by atoms with Crippen molar-refractivity contribution in [2.75, 3.05) is 14.2 Å². The van der Waals surface area contributed by atoms with Gasteiger partial charge in [-0.2, -0.15) is 0 Å². The maximum Gasteiger partial charge on any atom is 0.198 e. The monoisotopic (exact) mass is 422 g/mol. The maximum absolute atomic E-state index is 5.42. The fourth-order valence-electron chi connectivity index (χ4n) is 3.69. The summed E-state index contributed by atoms with van der Waals surface area (Å²) in [6.07, 6.45) is 3.99. The Morgan fingerprint density at radius 3 is 2.22 bits per heavy atom. The average molecular weight is 422 g/mol. The predicted octanol–water partition coefficient (Wildman–Crippen LogP) is 5.22. The second-order valence-electron chi connectivity index (χ2n) is 7.35. The third kappa shape index (κ3) is 3.78. The van der Waals surface area contributed by atoms with Crippen LogP contribution in [-0.2, 0) is 6.54 Å². The summed E-state index contributed by atoms with van der Waals surface area (Å²) < 4.78 is 12.9. The van der Waals surface area contributed by atoms with Gasteiger partial charge in [0, 0.05) is 0 Å². The van der Waals surface area contributed by atoms with Crippen molar-refractivity contribution in [3.63, 3.8) is 0 Å². The van der Waals surface area contributed by atoms with E-state index in [1.807, 2.05) is 72.8 Å². The van der Waals surface area contributed by atoms with Crippen LogP contribution in [0.15, 0.2) is 72.8 Å². The largest absolute Gasteiger partial charge is 0.493 e. The van der Waals surface area contributed by atoms with Gasteiger partial charge in [-0.1, -0.05) is 54.6 Å². The highest BCUT2D eigenvalue weighted by molar-refractivity contribution is 5.84. The molecule has 0 unspecified atom stereocenters. The maximum atomic E-state index is 5.42. The molecule has 3 aromatic carbocycles. The van der Waals surface area contributed by atoms with Gasteiger partial charge in [0.25, 0.3) is 0 Å². The van der Waals surface area contributed by atoms with Crippen molar-refractivity contribution in [1.82, 2.24) is 19.5 Å². The van der Waals surface area contributed by atoms with Crippen LogP contribution >= 0.6 is 0 Å². The van der Waals surface area contributed by atoms with Crippen LogP contribution in [-0.4, -0.2) is 33.7 Å². The third-order valence-corrected chi connectivity index (χ3v) is 5.30. The van der Waals surface area contributed by atoms with Crippen LogP contribution in [0.25, 0.3) is 34.5 Å². The predicted molar refractivity (Wildman–Crippen MR) is 127 cm³/mol. The fraction of sp³-hybridized carbons (Fsp3) is 0.115. The lowest BCUT2D eigenvalue weighted by molar-refractivity contribution is 0.355. The number of hydrogen-bond acceptors (Lipinski definition) is 5. The minimum atomic E-state index is 0.631. The summed E-state index contributed by atoms with van der Waals surface area (Å²) in [5.74, 6) is 2.16. The lowest BCUT2D eigenvalue weighted by atomic mass is 10.2. The summed E-state index contributed by atoms with van der Waals surface area (Å²) in [4.78, 5) is 14.4. The molecule has 0 atom stereocenters. The van der Waals surface area contributed by atoms with E-state index in [1.165, 1.54) is 5.56 Å². The molecule has 158 valence electrons. The van der Waals surface area contributed by atoms with Crippen LogP contribution in [0.5, 0.6) is 11.5 Å². The van der Waals surface area contributed by atoms with Crippen molar-refractivity contribution in [2.24, 2.45) is 0 Å². The van der Waals surface area contributed by atoms with Crippen molar-refractivity contribution < 1.29 is 9.47 Å². The highest BCUT2D eigenvalue weighted by Gasteiger charge is 2.13. The van der Waals surface area contributed by atoms with Crippen LogP contribution in [0.2, 0.25) is 0 Å². The summed E-state index contributed by atoms with van der Waals surface area (Å²) in [5.41, 5.74) is 5.23. The highest BCUT2D eigenvalue weighted by atomic mass is 16.5. The number of ether oxygens (including phenoxy) is 2. The number of hydrogen-bond donors (Lipinski definition) is 0. The molecule has 0 aliphatic rings. The zero-order chi connectivity index (χ0) is 21.9. The molecule has 32 heavy (non-hydrogen) atoms. The lowest BCUT2D eigenvalue weighted by Crippen LogP contribution is -2.03. The number of fused-ring (bicyclic) bond motifs is 2. The quantitative estimate of drug-likeness (QED) is 0.376. The Morgan fingerprint density at radius 1 is 0.750 bits per heavy atom. The molecule has 2 heterocycles. The van der Waals surface area contributed by atoms with Gasteiger partial charge in [-0.3, -0.25) is 0 Å². The van der Waals surface area contributed by atoms with E-state index in [-0.39, 0.29) is 0 Å². The van der Waals surface area contributed by atoms with Gasteiger partial charge in [0.1, 0.15) is 5.82 Å². The molecule has 0 amide bonds. The molecular weight excluding hydrogens is 400 g/mol. The Bertz CT molecular complexity index is 1420. The van der Waals surface area contributed by atoms with Crippen LogP contribution in [0, 0.1) is 0 Å². The molecule has 0 fully saturated rings. The zero-order valence-corrected chi connectivity index (χ0v) is 17.9. The third-order valence-electron chi connectivity index (χ3n) is 5.30. The molecular formula is C26H22N4O2. The number of imidazole rings is 1.